The number of carbonyl (C=O) groups excluding carboxylic acids is 1. The molecule has 0 saturated carbocycles. The predicted molar refractivity (Wildman–Crippen MR) is 112 cm³/mol. The first-order valence-corrected chi connectivity index (χ1v) is 10.1. The van der Waals surface area contributed by atoms with Gasteiger partial charge in [0.25, 0.3) is 11.7 Å². The number of hydrogen-bond donors (Lipinski definition) is 1. The maximum Gasteiger partial charge on any atom is 0.435 e. The Labute approximate surface area is 193 Å². The molecule has 0 amide bonds. The lowest BCUT2D eigenvalue weighted by molar-refractivity contribution is -0.141. The minimum atomic E-state index is -4.87. The number of benzene rings is 1. The Morgan fingerprint density at radius 2 is 2.06 bits per heavy atom. The Morgan fingerprint density at radius 3 is 2.79 bits per heavy atom. The number of H-pyrrole nitrogens is 1. The van der Waals surface area contributed by atoms with Crippen LogP contribution in [0.2, 0.25) is 5.02 Å². The number of hydrogen-bond acceptors (Lipinski definition) is 7. The first-order valence-electron chi connectivity index (χ1n) is 8.94. The van der Waals surface area contributed by atoms with E-state index in [1.165, 1.54) is 24.5 Å². The topological polar surface area (TPSA) is 120 Å². The number of rotatable bonds is 3. The van der Waals surface area contributed by atoms with E-state index in [-0.39, 0.29) is 21.7 Å². The summed E-state index contributed by atoms with van der Waals surface area (Å²) in [5, 5.41) is 10.5. The summed E-state index contributed by atoms with van der Waals surface area (Å²) in [5.41, 5.74) is -2.51. The molecule has 0 unspecified atom stereocenters. The zero-order valence-corrected chi connectivity index (χ0v) is 18.2. The lowest BCUT2D eigenvalue weighted by Gasteiger charge is -2.07. The quantitative estimate of drug-likeness (QED) is 0.339. The molecule has 1 aromatic carbocycles. The van der Waals surface area contributed by atoms with Crippen molar-refractivity contribution < 1.29 is 22.4 Å². The molecule has 14 heteroatoms. The fraction of sp³-hybridized carbons (Fsp3) is 0.0526. The number of aromatic nitrogens is 6. The number of aromatic amines is 1. The van der Waals surface area contributed by atoms with E-state index in [2.05, 4.69) is 41.2 Å². The molecule has 0 radical (unpaired) electrons. The van der Waals surface area contributed by atoms with Crippen LogP contribution < -0.4 is 5.63 Å². The van der Waals surface area contributed by atoms with Crippen LogP contribution in [0.5, 0.6) is 0 Å². The van der Waals surface area contributed by atoms with Crippen LogP contribution in [0.25, 0.3) is 27.6 Å². The molecule has 0 aliphatic rings. The highest BCUT2D eigenvalue weighted by Crippen LogP contribution is 2.32. The normalized spacial score (nSPS) is 12.0. The molecule has 0 atom stereocenters. The van der Waals surface area contributed by atoms with Crippen molar-refractivity contribution in [2.24, 2.45) is 0 Å². The number of fused-ring (bicyclic) bond motifs is 3. The molecule has 0 spiro atoms. The smallest absolute Gasteiger partial charge is 0.399 e. The second-order valence-electron chi connectivity index (χ2n) is 6.69. The van der Waals surface area contributed by atoms with Gasteiger partial charge >= 0.3 is 11.8 Å². The average molecular weight is 540 g/mol. The molecule has 4 aromatic heterocycles. The molecule has 33 heavy (non-hydrogen) atoms. The molecule has 0 bridgehead atoms. The molecule has 5 aromatic rings. The van der Waals surface area contributed by atoms with Crippen LogP contribution >= 0.6 is 27.5 Å². The van der Waals surface area contributed by atoms with Gasteiger partial charge in [-0.1, -0.05) is 11.6 Å². The van der Waals surface area contributed by atoms with Crippen LogP contribution in [0, 0.1) is 0 Å². The standard InChI is InChI=1S/C19H7BrClF3N6O3/c20-8-4-7-6-26-28-13(7)12-14(8)27-17(33-18(12)32)15(31)10-5-11(19(22,23)24)29-30(10)16-9(21)2-1-3-25-16/h1-6H,(H,26,28). The number of nitrogens with zero attached hydrogens (tertiary/aromatic N) is 5. The van der Waals surface area contributed by atoms with Crippen molar-refractivity contribution in [2.45, 2.75) is 6.18 Å². The van der Waals surface area contributed by atoms with Gasteiger partial charge in [0.15, 0.2) is 11.5 Å². The molecular weight excluding hydrogens is 533 g/mol. The summed E-state index contributed by atoms with van der Waals surface area (Å²) in [4.78, 5) is 33.9. The molecule has 1 N–H and O–H groups in total. The maximum atomic E-state index is 13.4. The molecule has 0 fully saturated rings. The van der Waals surface area contributed by atoms with Gasteiger partial charge in [-0.2, -0.15) is 23.4 Å². The fourth-order valence-corrected chi connectivity index (χ4v) is 3.94. The van der Waals surface area contributed by atoms with Crippen LogP contribution in [0.15, 0.2) is 50.3 Å². The number of alkyl halides is 3. The van der Waals surface area contributed by atoms with Gasteiger partial charge in [0.1, 0.15) is 11.1 Å². The Kier molecular flexibility index (Phi) is 4.83. The third-order valence-corrected chi connectivity index (χ3v) is 5.54. The van der Waals surface area contributed by atoms with E-state index in [0.29, 0.717) is 26.1 Å². The summed E-state index contributed by atoms with van der Waals surface area (Å²) in [5.74, 6) is -2.09. The molecule has 5 rings (SSSR count). The van der Waals surface area contributed by atoms with E-state index in [1.807, 2.05) is 0 Å². The average Bonchev–Trinajstić information content (AvgIpc) is 3.40. The van der Waals surface area contributed by atoms with Crippen LogP contribution in [0.4, 0.5) is 13.2 Å². The number of carbonyl (C=O) groups is 1. The van der Waals surface area contributed by atoms with Crippen LogP contribution in [0.3, 0.4) is 0 Å². The summed E-state index contributed by atoms with van der Waals surface area (Å²) < 4.78 is 46.2. The van der Waals surface area contributed by atoms with Crippen LogP contribution in [-0.2, 0) is 6.18 Å². The summed E-state index contributed by atoms with van der Waals surface area (Å²) in [7, 11) is 0. The number of nitrogens with one attached hydrogen (secondary N) is 1. The number of pyridine rings is 1. The van der Waals surface area contributed by atoms with Gasteiger partial charge < -0.3 is 4.42 Å². The Hall–Kier alpha value is -3.58. The van der Waals surface area contributed by atoms with E-state index in [0.717, 1.165) is 0 Å². The highest BCUT2D eigenvalue weighted by Gasteiger charge is 2.37. The van der Waals surface area contributed by atoms with E-state index in [9.17, 15) is 22.8 Å². The lowest BCUT2D eigenvalue weighted by Crippen LogP contribution is -2.16. The van der Waals surface area contributed by atoms with E-state index < -0.39 is 34.9 Å². The molecule has 9 nitrogen and oxygen atoms in total. The van der Waals surface area contributed by atoms with Gasteiger partial charge in [-0.3, -0.25) is 9.89 Å². The lowest BCUT2D eigenvalue weighted by atomic mass is 10.2. The molecule has 0 saturated heterocycles. The van der Waals surface area contributed by atoms with E-state index in [1.54, 1.807) is 6.07 Å². The van der Waals surface area contributed by atoms with Gasteiger partial charge in [0, 0.05) is 22.1 Å². The first kappa shape index (κ1) is 21.3. The third kappa shape index (κ3) is 3.49. The zero-order chi connectivity index (χ0) is 23.5. The highest BCUT2D eigenvalue weighted by atomic mass is 79.9. The molecule has 166 valence electrons. The van der Waals surface area contributed by atoms with Gasteiger partial charge in [0.2, 0.25) is 0 Å². The van der Waals surface area contributed by atoms with Gasteiger partial charge in [-0.15, -0.1) is 0 Å². The Morgan fingerprint density at radius 1 is 1.27 bits per heavy atom. The van der Waals surface area contributed by atoms with Crippen LogP contribution in [-0.4, -0.2) is 35.7 Å². The number of ketones is 1. The van der Waals surface area contributed by atoms with Crippen molar-refractivity contribution in [3.63, 3.8) is 0 Å². The predicted octanol–water partition coefficient (Wildman–Crippen LogP) is 4.31. The fourth-order valence-electron chi connectivity index (χ4n) is 3.20. The molecule has 0 aliphatic heterocycles. The highest BCUT2D eigenvalue weighted by molar-refractivity contribution is 9.10. The SMILES string of the molecule is O=C(c1nc2c(Br)cc3cn[nH]c3c2c(=O)o1)c1cc(C(F)(F)F)nn1-c1ncccc1Cl. The van der Waals surface area contributed by atoms with Crippen molar-refractivity contribution in [1.29, 1.82) is 0 Å². The summed E-state index contributed by atoms with van der Waals surface area (Å²) in [6.07, 6.45) is -2.12. The second-order valence-corrected chi connectivity index (χ2v) is 7.95. The van der Waals surface area contributed by atoms with Crippen molar-refractivity contribution in [2.75, 3.05) is 0 Å². The van der Waals surface area contributed by atoms with Crippen molar-refractivity contribution in [1.82, 2.24) is 29.9 Å². The summed E-state index contributed by atoms with van der Waals surface area (Å²) in [6.45, 7) is 0. The second kappa shape index (κ2) is 7.49. The Balaban J connectivity index is 1.74. The minimum absolute atomic E-state index is 0.0192. The maximum absolute atomic E-state index is 13.4. The van der Waals surface area contributed by atoms with Crippen molar-refractivity contribution >= 4 is 55.1 Å². The molecular formula is C19H7BrClF3N6O3. The number of halogens is 5. The van der Waals surface area contributed by atoms with E-state index in [4.69, 9.17) is 16.0 Å². The van der Waals surface area contributed by atoms with Crippen LogP contribution in [0.1, 0.15) is 22.1 Å². The summed E-state index contributed by atoms with van der Waals surface area (Å²) >= 11 is 9.33. The Bertz CT molecular complexity index is 1640. The minimum Gasteiger partial charge on any atom is -0.399 e. The van der Waals surface area contributed by atoms with Crippen molar-refractivity contribution in [3.8, 4) is 5.82 Å². The summed E-state index contributed by atoms with van der Waals surface area (Å²) in [6, 6.07) is 4.95. The molecule has 4 heterocycles. The zero-order valence-electron chi connectivity index (χ0n) is 15.8. The van der Waals surface area contributed by atoms with Gasteiger partial charge in [-0.05, 0) is 34.1 Å². The third-order valence-electron chi connectivity index (χ3n) is 4.64. The largest absolute Gasteiger partial charge is 0.435 e. The van der Waals surface area contributed by atoms with Gasteiger partial charge in [0.05, 0.1) is 22.3 Å². The monoisotopic (exact) mass is 538 g/mol. The van der Waals surface area contributed by atoms with Gasteiger partial charge in [-0.25, -0.2) is 19.4 Å². The van der Waals surface area contributed by atoms with Crippen molar-refractivity contribution in [3.05, 3.63) is 73.9 Å². The first-order chi connectivity index (χ1) is 15.6. The molecule has 0 aliphatic carbocycles. The van der Waals surface area contributed by atoms with E-state index >= 15 is 0 Å².